The molecule has 2 aliphatic carbocycles. The topological polar surface area (TPSA) is 76.5 Å². The van der Waals surface area contributed by atoms with Gasteiger partial charge in [-0.1, -0.05) is 24.3 Å². The van der Waals surface area contributed by atoms with Gasteiger partial charge in [-0.15, -0.1) is 0 Å². The molecular formula is C40H29F8N5O. The Morgan fingerprint density at radius 2 is 1.67 bits per heavy atom. The van der Waals surface area contributed by atoms with E-state index in [0.717, 1.165) is 34.3 Å². The number of carbonyl (C=O) groups is 1. The highest BCUT2D eigenvalue weighted by molar-refractivity contribution is 5.85. The van der Waals surface area contributed by atoms with Gasteiger partial charge in [0.1, 0.15) is 29.6 Å². The van der Waals surface area contributed by atoms with Gasteiger partial charge in [-0.3, -0.25) is 19.4 Å². The lowest BCUT2D eigenvalue weighted by Gasteiger charge is -2.29. The SMILES string of the molecule is O=C(C[C@@H](Cc1cc(F)cc(F)c1)c1nc(-c2ccc3[nH]ccc3c2)ccc1-c1cnc2c(c1)C=CC2)Cn1nc(C(F)F)c2c1C(F)(F)CCC2(F)F. The smallest absolute Gasteiger partial charge is 0.290 e. The fraction of sp³-hybridized carbons (Fsp3) is 0.250. The Morgan fingerprint density at radius 3 is 2.44 bits per heavy atom. The molecule has 14 heteroatoms. The number of H-pyrrole nitrogens is 1. The van der Waals surface area contributed by atoms with Gasteiger partial charge >= 0.3 is 0 Å². The minimum atomic E-state index is -4.02. The van der Waals surface area contributed by atoms with Gasteiger partial charge in [-0.2, -0.15) is 13.9 Å². The van der Waals surface area contributed by atoms with E-state index in [4.69, 9.17) is 4.98 Å². The number of Topliss-reactive ketones (excluding diaryl/α,β-unsaturated/α-hetero) is 1. The summed E-state index contributed by atoms with van der Waals surface area (Å²) in [6.07, 6.45) is 0.924. The third-order valence-electron chi connectivity index (χ3n) is 9.94. The number of hydrogen-bond donors (Lipinski definition) is 1. The Balaban J connectivity index is 1.25. The van der Waals surface area contributed by atoms with Gasteiger partial charge in [-0.05, 0) is 60.0 Å². The molecule has 0 aliphatic heterocycles. The molecule has 0 unspecified atom stereocenters. The number of aromatic amines is 1. The zero-order valence-corrected chi connectivity index (χ0v) is 28.2. The number of aromatic nitrogens is 5. The van der Waals surface area contributed by atoms with E-state index in [9.17, 15) is 31.1 Å². The van der Waals surface area contributed by atoms with Gasteiger partial charge in [0, 0.05) is 77.7 Å². The van der Waals surface area contributed by atoms with Crippen LogP contribution in [0.15, 0.2) is 79.1 Å². The first-order valence-electron chi connectivity index (χ1n) is 17.1. The Kier molecular flexibility index (Phi) is 8.73. The van der Waals surface area contributed by atoms with Crippen molar-refractivity contribution in [3.05, 3.63) is 130 Å². The van der Waals surface area contributed by atoms with Crippen LogP contribution in [0, 0.1) is 11.6 Å². The van der Waals surface area contributed by atoms with Crippen molar-refractivity contribution in [2.24, 2.45) is 0 Å². The van der Waals surface area contributed by atoms with E-state index in [1.807, 2.05) is 42.5 Å². The number of hydrogen-bond acceptors (Lipinski definition) is 4. The third-order valence-corrected chi connectivity index (χ3v) is 9.94. The molecule has 6 nitrogen and oxygen atoms in total. The van der Waals surface area contributed by atoms with Crippen LogP contribution in [0.5, 0.6) is 0 Å². The van der Waals surface area contributed by atoms with Crippen molar-refractivity contribution in [1.29, 1.82) is 0 Å². The summed E-state index contributed by atoms with van der Waals surface area (Å²) in [7, 11) is 0. The summed E-state index contributed by atoms with van der Waals surface area (Å²) in [6, 6.07) is 15.8. The molecular weight excluding hydrogens is 718 g/mol. The number of halogens is 8. The van der Waals surface area contributed by atoms with Crippen LogP contribution in [0.3, 0.4) is 0 Å². The van der Waals surface area contributed by atoms with Crippen molar-refractivity contribution in [2.75, 3.05) is 0 Å². The number of ketones is 1. The molecule has 1 N–H and O–H groups in total. The lowest BCUT2D eigenvalue weighted by Crippen LogP contribution is -2.33. The van der Waals surface area contributed by atoms with Crippen LogP contribution in [0.25, 0.3) is 39.4 Å². The van der Waals surface area contributed by atoms with Crippen LogP contribution < -0.4 is 0 Å². The monoisotopic (exact) mass is 747 g/mol. The van der Waals surface area contributed by atoms with Gasteiger partial charge in [0.05, 0.1) is 22.6 Å². The quantitative estimate of drug-likeness (QED) is 0.142. The number of pyridine rings is 2. The highest BCUT2D eigenvalue weighted by Crippen LogP contribution is 2.52. The number of allylic oxidation sites excluding steroid dienone is 1. The van der Waals surface area contributed by atoms with Crippen LogP contribution in [0.4, 0.5) is 35.1 Å². The number of rotatable bonds is 10. The van der Waals surface area contributed by atoms with Gasteiger partial charge in [0.15, 0.2) is 5.78 Å². The minimum Gasteiger partial charge on any atom is -0.361 e. The fourth-order valence-electron chi connectivity index (χ4n) is 7.50. The highest BCUT2D eigenvalue weighted by atomic mass is 19.3. The lowest BCUT2D eigenvalue weighted by atomic mass is 9.86. The van der Waals surface area contributed by atoms with E-state index in [0.29, 0.717) is 40.6 Å². The Labute approximate surface area is 302 Å². The van der Waals surface area contributed by atoms with Crippen LogP contribution in [-0.4, -0.2) is 30.5 Å². The average molecular weight is 748 g/mol. The maximum Gasteiger partial charge on any atom is 0.290 e. The van der Waals surface area contributed by atoms with Crippen LogP contribution in [0.2, 0.25) is 0 Å². The molecule has 8 rings (SSSR count). The number of alkyl halides is 6. The summed E-state index contributed by atoms with van der Waals surface area (Å²) in [5.41, 5.74) is 0.855. The minimum absolute atomic E-state index is 0.148. The summed E-state index contributed by atoms with van der Waals surface area (Å²) >= 11 is 0. The zero-order chi connectivity index (χ0) is 37.9. The fourth-order valence-corrected chi connectivity index (χ4v) is 7.50. The predicted octanol–water partition coefficient (Wildman–Crippen LogP) is 10.2. The molecule has 0 bridgehead atoms. The maximum absolute atomic E-state index is 15.2. The van der Waals surface area contributed by atoms with E-state index in [1.54, 1.807) is 24.5 Å². The molecule has 276 valence electrons. The van der Waals surface area contributed by atoms with E-state index in [1.165, 1.54) is 0 Å². The number of carbonyl (C=O) groups excluding carboxylic acids is 1. The van der Waals surface area contributed by atoms with Crippen molar-refractivity contribution in [3.8, 4) is 22.4 Å². The van der Waals surface area contributed by atoms with Crippen LogP contribution in [-0.2, 0) is 36.0 Å². The van der Waals surface area contributed by atoms with E-state index < -0.39 is 84.4 Å². The molecule has 0 amide bonds. The van der Waals surface area contributed by atoms with Gasteiger partial charge in [-0.25, -0.2) is 26.3 Å². The number of nitrogens with one attached hydrogen (secondary N) is 1. The first-order valence-corrected chi connectivity index (χ1v) is 17.1. The second-order valence-corrected chi connectivity index (χ2v) is 13.7. The first kappa shape index (κ1) is 35.4. The van der Waals surface area contributed by atoms with Crippen LogP contribution in [0.1, 0.15) is 71.1 Å². The van der Waals surface area contributed by atoms with E-state index in [2.05, 4.69) is 15.1 Å². The molecule has 0 saturated heterocycles. The third kappa shape index (κ3) is 6.58. The zero-order valence-electron chi connectivity index (χ0n) is 28.2. The molecule has 1 atom stereocenters. The van der Waals surface area contributed by atoms with Gasteiger partial charge in [0.25, 0.3) is 18.3 Å². The average Bonchev–Trinajstić information content (AvgIpc) is 3.88. The van der Waals surface area contributed by atoms with Gasteiger partial charge < -0.3 is 4.98 Å². The highest BCUT2D eigenvalue weighted by Gasteiger charge is 2.55. The molecule has 2 aliphatic rings. The summed E-state index contributed by atoms with van der Waals surface area (Å²) < 4.78 is 117. The Bertz CT molecular complexity index is 2450. The molecule has 4 aromatic heterocycles. The van der Waals surface area contributed by atoms with E-state index >= 15 is 8.78 Å². The summed E-state index contributed by atoms with van der Waals surface area (Å²) in [5.74, 6) is -11.6. The molecule has 2 aromatic carbocycles. The molecule has 54 heavy (non-hydrogen) atoms. The van der Waals surface area contributed by atoms with Crippen molar-refractivity contribution < 1.29 is 39.9 Å². The number of fused-ring (bicyclic) bond motifs is 3. The van der Waals surface area contributed by atoms with Crippen molar-refractivity contribution >= 4 is 22.8 Å². The Morgan fingerprint density at radius 1 is 0.889 bits per heavy atom. The summed E-state index contributed by atoms with van der Waals surface area (Å²) in [4.78, 5) is 26.7. The molecule has 4 heterocycles. The molecule has 0 radical (unpaired) electrons. The second kappa shape index (κ2) is 13.3. The largest absolute Gasteiger partial charge is 0.361 e. The van der Waals surface area contributed by atoms with Crippen molar-refractivity contribution in [2.45, 2.75) is 62.8 Å². The lowest BCUT2D eigenvalue weighted by molar-refractivity contribution is -0.121. The van der Waals surface area contributed by atoms with Crippen molar-refractivity contribution in [1.82, 2.24) is 24.7 Å². The first-order chi connectivity index (χ1) is 25.8. The van der Waals surface area contributed by atoms with E-state index in [-0.39, 0.29) is 16.7 Å². The predicted molar refractivity (Wildman–Crippen MR) is 184 cm³/mol. The standard InChI is InChI=1S/C40H29F8N5O/c41-27-13-21(14-28(42)18-27)12-25(17-29(54)20-53-37-34(36(52-53)38(43)44)39(45,46)9-10-40(37,47)48)35-30(26-16-22-2-1-3-31(22)50-19-26)5-7-33(51-35)23-4-6-32-24(15-23)8-11-49-32/h1-2,4-8,11,13-16,18-19,25,38,49H,3,9-10,12,17,20H2/t25-/m1/s1. The molecule has 6 aromatic rings. The summed E-state index contributed by atoms with van der Waals surface area (Å²) in [5, 5.41) is 4.33. The normalized spacial score (nSPS) is 16.2. The van der Waals surface area contributed by atoms with Crippen molar-refractivity contribution in [3.63, 3.8) is 0 Å². The molecule has 0 fully saturated rings. The Hall–Kier alpha value is -5.66. The van der Waals surface area contributed by atoms with Gasteiger partial charge in [0.2, 0.25) is 0 Å². The van der Waals surface area contributed by atoms with Crippen LogP contribution >= 0.6 is 0 Å². The number of nitrogens with zero attached hydrogens (tertiary/aromatic N) is 4. The molecule has 0 saturated carbocycles. The molecule has 0 spiro atoms. The maximum atomic E-state index is 15.2. The second-order valence-electron chi connectivity index (χ2n) is 13.7. The summed E-state index contributed by atoms with van der Waals surface area (Å²) in [6.45, 7) is -1.04. The number of benzene rings is 2.